The van der Waals surface area contributed by atoms with Gasteiger partial charge in [-0.2, -0.15) is 5.10 Å². The van der Waals surface area contributed by atoms with Crippen molar-refractivity contribution in [2.75, 3.05) is 5.75 Å². The van der Waals surface area contributed by atoms with Gasteiger partial charge in [0, 0.05) is 4.90 Å². The van der Waals surface area contributed by atoms with Gasteiger partial charge < -0.3 is 0 Å². The van der Waals surface area contributed by atoms with Crippen molar-refractivity contribution in [2.24, 2.45) is 5.10 Å². The molecule has 0 saturated heterocycles. The lowest BCUT2D eigenvalue weighted by Crippen LogP contribution is -2.19. The molecular formula is C15H9Cl5N2OS. The molecule has 0 atom stereocenters. The van der Waals surface area contributed by atoms with E-state index >= 15 is 0 Å². The molecule has 3 nitrogen and oxygen atoms in total. The van der Waals surface area contributed by atoms with Crippen LogP contribution in [0.5, 0.6) is 0 Å². The molecule has 2 rings (SSSR count). The molecule has 0 aliphatic rings. The molecule has 9 heteroatoms. The minimum absolute atomic E-state index is 0.0276. The molecule has 126 valence electrons. The van der Waals surface area contributed by atoms with Crippen LogP contribution in [0.1, 0.15) is 5.56 Å². The van der Waals surface area contributed by atoms with E-state index in [0.717, 1.165) is 17.3 Å². The second-order valence-electron chi connectivity index (χ2n) is 4.39. The lowest BCUT2D eigenvalue weighted by atomic mass is 10.2. The van der Waals surface area contributed by atoms with Gasteiger partial charge in [-0.3, -0.25) is 4.79 Å². The molecule has 0 spiro atoms. The Morgan fingerprint density at radius 1 is 0.958 bits per heavy atom. The number of halogens is 5. The molecule has 1 amide bonds. The van der Waals surface area contributed by atoms with Crippen LogP contribution in [0.2, 0.25) is 25.1 Å². The van der Waals surface area contributed by atoms with Crippen molar-refractivity contribution in [3.63, 3.8) is 0 Å². The summed E-state index contributed by atoms with van der Waals surface area (Å²) < 4.78 is 0. The van der Waals surface area contributed by atoms with Crippen molar-refractivity contribution in [3.8, 4) is 0 Å². The monoisotopic (exact) mass is 440 g/mol. The molecule has 2 aromatic rings. The molecule has 0 heterocycles. The molecule has 0 aliphatic carbocycles. The van der Waals surface area contributed by atoms with E-state index < -0.39 is 0 Å². The standard InChI is InChI=1S/C15H9Cl5N2OS/c16-10-11(17)13(19)15(14(20)12(10)18)24-7-9(23)22-21-6-8-4-2-1-3-5-8/h1-6H,7H2,(H,22,23)/b21-6-. The number of carbonyl (C=O) groups is 1. The number of thioether (sulfide) groups is 1. The van der Waals surface area contributed by atoms with Crippen molar-refractivity contribution in [1.82, 2.24) is 5.43 Å². The zero-order valence-corrected chi connectivity index (χ0v) is 16.4. The van der Waals surface area contributed by atoms with Crippen LogP contribution >= 0.6 is 69.8 Å². The lowest BCUT2D eigenvalue weighted by Gasteiger charge is -2.11. The maximum Gasteiger partial charge on any atom is 0.250 e. The average molecular weight is 443 g/mol. The van der Waals surface area contributed by atoms with Crippen LogP contribution in [0.3, 0.4) is 0 Å². The SMILES string of the molecule is O=C(CSc1c(Cl)c(Cl)c(Cl)c(Cl)c1Cl)N/N=C\c1ccccc1. The van der Waals surface area contributed by atoms with E-state index in [1.54, 1.807) is 6.21 Å². The molecule has 24 heavy (non-hydrogen) atoms. The summed E-state index contributed by atoms with van der Waals surface area (Å²) in [4.78, 5) is 12.2. The minimum atomic E-state index is -0.332. The fraction of sp³-hybridized carbons (Fsp3) is 0.0667. The van der Waals surface area contributed by atoms with E-state index in [4.69, 9.17) is 58.0 Å². The Balaban J connectivity index is 1.99. The van der Waals surface area contributed by atoms with Gasteiger partial charge in [0.05, 0.1) is 37.1 Å². The Morgan fingerprint density at radius 2 is 1.50 bits per heavy atom. The molecule has 0 bridgehead atoms. The maximum atomic E-state index is 11.8. The summed E-state index contributed by atoms with van der Waals surface area (Å²) in [5.74, 6) is -0.304. The predicted octanol–water partition coefficient (Wildman–Crippen LogP) is 6.20. The Kier molecular flexibility index (Phi) is 7.54. The maximum absolute atomic E-state index is 11.8. The van der Waals surface area contributed by atoms with Gasteiger partial charge in [0.1, 0.15) is 0 Å². The molecule has 0 saturated carbocycles. The first-order valence-corrected chi connectivity index (χ1v) is 9.30. The quantitative estimate of drug-likeness (QED) is 0.197. The van der Waals surface area contributed by atoms with Gasteiger partial charge in [-0.05, 0) is 5.56 Å². The van der Waals surface area contributed by atoms with E-state index in [9.17, 15) is 4.79 Å². The Morgan fingerprint density at radius 3 is 2.08 bits per heavy atom. The largest absolute Gasteiger partial charge is 0.272 e. The first kappa shape index (κ1) is 19.7. The van der Waals surface area contributed by atoms with Crippen LogP contribution in [-0.2, 0) is 4.79 Å². The first-order chi connectivity index (χ1) is 11.4. The number of rotatable bonds is 5. The summed E-state index contributed by atoms with van der Waals surface area (Å²) >= 11 is 31.2. The van der Waals surface area contributed by atoms with E-state index in [0.29, 0.717) is 4.90 Å². The Labute approximate surface area is 168 Å². The number of hydrazone groups is 1. The number of amides is 1. The zero-order chi connectivity index (χ0) is 17.7. The zero-order valence-electron chi connectivity index (χ0n) is 11.8. The minimum Gasteiger partial charge on any atom is -0.272 e. The highest BCUT2D eigenvalue weighted by Gasteiger charge is 2.20. The second kappa shape index (κ2) is 9.18. The van der Waals surface area contributed by atoms with Crippen LogP contribution in [0, 0.1) is 0 Å². The summed E-state index contributed by atoms with van der Waals surface area (Å²) in [6, 6.07) is 9.36. The van der Waals surface area contributed by atoms with Crippen LogP contribution in [0.4, 0.5) is 0 Å². The van der Waals surface area contributed by atoms with Crippen molar-refractivity contribution in [2.45, 2.75) is 4.90 Å². The smallest absolute Gasteiger partial charge is 0.250 e. The molecule has 0 aromatic heterocycles. The van der Waals surface area contributed by atoms with Crippen molar-refractivity contribution < 1.29 is 4.79 Å². The van der Waals surface area contributed by atoms with Crippen LogP contribution in [0.15, 0.2) is 40.3 Å². The third-order valence-corrected chi connectivity index (χ3v) is 6.32. The van der Waals surface area contributed by atoms with Crippen LogP contribution in [-0.4, -0.2) is 17.9 Å². The van der Waals surface area contributed by atoms with E-state index in [1.807, 2.05) is 30.3 Å². The number of hydrogen-bond donors (Lipinski definition) is 1. The first-order valence-electron chi connectivity index (χ1n) is 6.43. The van der Waals surface area contributed by atoms with Gasteiger partial charge in [-0.1, -0.05) is 88.3 Å². The fourth-order valence-electron chi connectivity index (χ4n) is 1.60. The van der Waals surface area contributed by atoms with Crippen molar-refractivity contribution in [1.29, 1.82) is 0 Å². The molecular weight excluding hydrogens is 434 g/mol. The highest BCUT2D eigenvalue weighted by Crippen LogP contribution is 2.47. The molecule has 0 unspecified atom stereocenters. The van der Waals surface area contributed by atoms with Gasteiger partial charge >= 0.3 is 0 Å². The third kappa shape index (κ3) is 4.94. The predicted molar refractivity (Wildman–Crippen MR) is 104 cm³/mol. The van der Waals surface area contributed by atoms with Gasteiger partial charge in [-0.25, -0.2) is 5.43 Å². The number of benzene rings is 2. The summed E-state index contributed by atoms with van der Waals surface area (Å²) in [7, 11) is 0. The molecule has 0 radical (unpaired) electrons. The Hall–Kier alpha value is -0.620. The van der Waals surface area contributed by atoms with E-state index in [-0.39, 0.29) is 36.8 Å². The van der Waals surface area contributed by atoms with Gasteiger partial charge in [-0.15, -0.1) is 11.8 Å². The fourth-order valence-corrected chi connectivity index (χ4v) is 3.97. The third-order valence-electron chi connectivity index (χ3n) is 2.72. The van der Waals surface area contributed by atoms with Crippen LogP contribution < -0.4 is 5.43 Å². The van der Waals surface area contributed by atoms with Gasteiger partial charge in [0.15, 0.2) is 0 Å². The van der Waals surface area contributed by atoms with Gasteiger partial charge in [0.2, 0.25) is 5.91 Å². The second-order valence-corrected chi connectivity index (χ2v) is 7.27. The number of nitrogens with zero attached hydrogens (tertiary/aromatic N) is 1. The van der Waals surface area contributed by atoms with E-state index in [1.165, 1.54) is 0 Å². The molecule has 0 aliphatic heterocycles. The number of carbonyl (C=O) groups excluding carboxylic acids is 1. The summed E-state index contributed by atoms with van der Waals surface area (Å²) in [6.07, 6.45) is 1.54. The van der Waals surface area contributed by atoms with Gasteiger partial charge in [0.25, 0.3) is 0 Å². The molecule has 1 N–H and O–H groups in total. The molecule has 2 aromatic carbocycles. The van der Waals surface area contributed by atoms with Crippen molar-refractivity contribution >= 4 is 81.9 Å². The number of hydrogen-bond acceptors (Lipinski definition) is 3. The van der Waals surface area contributed by atoms with E-state index in [2.05, 4.69) is 10.5 Å². The highest BCUT2D eigenvalue weighted by atomic mass is 35.5. The Bertz CT molecular complexity index is 754. The summed E-state index contributed by atoms with van der Waals surface area (Å²) in [6.45, 7) is 0. The lowest BCUT2D eigenvalue weighted by molar-refractivity contribution is -0.118. The molecule has 0 fully saturated rings. The average Bonchev–Trinajstić information content (AvgIpc) is 2.59. The highest BCUT2D eigenvalue weighted by molar-refractivity contribution is 8.00. The van der Waals surface area contributed by atoms with Crippen LogP contribution in [0.25, 0.3) is 0 Å². The summed E-state index contributed by atoms with van der Waals surface area (Å²) in [5.41, 5.74) is 3.28. The normalized spacial score (nSPS) is 11.0. The summed E-state index contributed by atoms with van der Waals surface area (Å²) in [5, 5.41) is 4.45. The number of nitrogens with one attached hydrogen (secondary N) is 1. The topological polar surface area (TPSA) is 41.5 Å². The van der Waals surface area contributed by atoms with Crippen molar-refractivity contribution in [3.05, 3.63) is 61.0 Å².